The summed E-state index contributed by atoms with van der Waals surface area (Å²) < 4.78 is 74.9. The van der Waals surface area contributed by atoms with Gasteiger partial charge in [0.05, 0.1) is 5.92 Å². The van der Waals surface area contributed by atoms with Crippen molar-refractivity contribution in [3.05, 3.63) is 41.6 Å². The summed E-state index contributed by atoms with van der Waals surface area (Å²) in [5, 5.41) is 2.21. The molecule has 10 heteroatoms. The number of halogens is 6. The molecule has 1 unspecified atom stereocenters. The molecule has 0 radical (unpaired) electrons. The number of ketones is 1. The molecule has 1 amide bonds. The zero-order valence-electron chi connectivity index (χ0n) is 12.4. The number of rotatable bonds is 3. The number of thioether (sulfide) groups is 1. The van der Waals surface area contributed by atoms with E-state index in [1.54, 1.807) is 0 Å². The summed E-state index contributed by atoms with van der Waals surface area (Å²) in [6, 6.07) is 4.39. The predicted octanol–water partition coefficient (Wildman–Crippen LogP) is 4.45. The monoisotopic (exact) mass is 383 g/mol. The Morgan fingerprint density at radius 2 is 1.64 bits per heavy atom. The van der Waals surface area contributed by atoms with Gasteiger partial charge in [-0.15, -0.1) is 0 Å². The van der Waals surface area contributed by atoms with Gasteiger partial charge in [0.2, 0.25) is 0 Å². The van der Waals surface area contributed by atoms with E-state index in [0.29, 0.717) is 0 Å². The number of hydrogen-bond donors (Lipinski definition) is 1. The lowest BCUT2D eigenvalue weighted by Crippen LogP contribution is -2.33. The van der Waals surface area contributed by atoms with Crippen molar-refractivity contribution in [3.63, 3.8) is 0 Å². The van der Waals surface area contributed by atoms with Gasteiger partial charge in [-0.05, 0) is 42.4 Å². The van der Waals surface area contributed by atoms with E-state index in [1.807, 2.05) is 0 Å². The van der Waals surface area contributed by atoms with Crippen LogP contribution in [0.25, 0.3) is 0 Å². The molecule has 1 aromatic carbocycles. The number of benzene rings is 1. The van der Waals surface area contributed by atoms with Gasteiger partial charge in [0.25, 0.3) is 5.91 Å². The highest BCUT2D eigenvalue weighted by Crippen LogP contribution is 2.37. The first-order chi connectivity index (χ1) is 11.4. The topological polar surface area (TPSA) is 46.2 Å². The summed E-state index contributed by atoms with van der Waals surface area (Å²) in [7, 11) is 0. The zero-order chi connectivity index (χ0) is 18.8. The standard InChI is InChI=1S/C15H11F6NO2S/c16-14(17,18)9-5-10(7-11(23)6-9)22-13(24)8-1-3-12(4-2-8)25-15(19,20)21/h1-4,7,9H,5-6H2,(H,22,24). The Kier molecular flexibility index (Phi) is 5.50. The Bertz CT molecular complexity index is 693. The minimum absolute atomic E-state index is 0.0333. The van der Waals surface area contributed by atoms with Crippen molar-refractivity contribution in [2.75, 3.05) is 0 Å². The summed E-state index contributed by atoms with van der Waals surface area (Å²) in [5.41, 5.74) is -4.67. The molecule has 1 aromatic rings. The first kappa shape index (κ1) is 19.4. The third kappa shape index (κ3) is 5.80. The van der Waals surface area contributed by atoms with Crippen LogP contribution >= 0.6 is 11.8 Å². The van der Waals surface area contributed by atoms with Crippen molar-refractivity contribution in [1.29, 1.82) is 0 Å². The lowest BCUT2D eigenvalue weighted by Gasteiger charge is -2.24. The van der Waals surface area contributed by atoms with E-state index in [1.165, 1.54) is 0 Å². The van der Waals surface area contributed by atoms with Gasteiger partial charge in [0.15, 0.2) is 5.78 Å². The minimum Gasteiger partial charge on any atom is -0.326 e. The van der Waals surface area contributed by atoms with Crippen molar-refractivity contribution in [2.24, 2.45) is 5.92 Å². The first-order valence-corrected chi connectivity index (χ1v) is 7.73. The molecule has 0 aliphatic heterocycles. The minimum atomic E-state index is -4.56. The molecule has 0 fully saturated rings. The molecule has 0 heterocycles. The molecule has 0 saturated carbocycles. The van der Waals surface area contributed by atoms with Crippen LogP contribution in [0.2, 0.25) is 0 Å². The van der Waals surface area contributed by atoms with E-state index in [0.717, 1.165) is 30.3 Å². The Balaban J connectivity index is 2.05. The second-order valence-electron chi connectivity index (χ2n) is 5.31. The average Bonchev–Trinajstić information content (AvgIpc) is 2.44. The van der Waals surface area contributed by atoms with E-state index in [-0.39, 0.29) is 27.9 Å². The van der Waals surface area contributed by atoms with Crippen LogP contribution in [0.4, 0.5) is 26.3 Å². The zero-order valence-corrected chi connectivity index (χ0v) is 13.2. The lowest BCUT2D eigenvalue weighted by molar-refractivity contribution is -0.178. The van der Waals surface area contributed by atoms with E-state index in [2.05, 4.69) is 5.32 Å². The summed E-state index contributed by atoms with van der Waals surface area (Å²) in [6.07, 6.45) is -4.83. The molecule has 3 nitrogen and oxygen atoms in total. The lowest BCUT2D eigenvalue weighted by atomic mass is 9.90. The smallest absolute Gasteiger partial charge is 0.326 e. The molecule has 136 valence electrons. The molecular formula is C15H11F6NO2S. The Hall–Kier alpha value is -1.97. The number of carbonyl (C=O) groups is 2. The molecule has 0 bridgehead atoms. The van der Waals surface area contributed by atoms with Gasteiger partial charge in [0.1, 0.15) is 0 Å². The molecule has 0 aromatic heterocycles. The van der Waals surface area contributed by atoms with E-state index in [4.69, 9.17) is 0 Å². The van der Waals surface area contributed by atoms with Crippen LogP contribution < -0.4 is 5.32 Å². The number of alkyl halides is 6. The maximum atomic E-state index is 12.7. The molecular weight excluding hydrogens is 372 g/mol. The van der Waals surface area contributed by atoms with Crippen LogP contribution in [-0.2, 0) is 4.79 Å². The molecule has 1 aliphatic carbocycles. The largest absolute Gasteiger partial charge is 0.446 e. The molecule has 0 saturated heterocycles. The molecule has 1 atom stereocenters. The molecule has 1 aliphatic rings. The van der Waals surface area contributed by atoms with Crippen LogP contribution in [0, 0.1) is 5.92 Å². The van der Waals surface area contributed by atoms with Gasteiger partial charge < -0.3 is 5.32 Å². The fourth-order valence-corrected chi connectivity index (χ4v) is 2.78. The molecule has 1 N–H and O–H groups in total. The molecule has 25 heavy (non-hydrogen) atoms. The average molecular weight is 383 g/mol. The summed E-state index contributed by atoms with van der Waals surface area (Å²) >= 11 is -0.353. The second kappa shape index (κ2) is 7.11. The highest BCUT2D eigenvalue weighted by atomic mass is 32.2. The Labute approximate surface area is 142 Å². The van der Waals surface area contributed by atoms with Crippen molar-refractivity contribution >= 4 is 23.5 Å². The van der Waals surface area contributed by atoms with Crippen LogP contribution in [0.5, 0.6) is 0 Å². The fourth-order valence-electron chi connectivity index (χ4n) is 2.24. The fraction of sp³-hybridized carbons (Fsp3) is 0.333. The quantitative estimate of drug-likeness (QED) is 0.620. The summed E-state index contributed by atoms with van der Waals surface area (Å²) in [5.74, 6) is -3.42. The number of hydrogen-bond acceptors (Lipinski definition) is 3. The predicted molar refractivity (Wildman–Crippen MR) is 77.7 cm³/mol. The second-order valence-corrected chi connectivity index (χ2v) is 6.45. The van der Waals surface area contributed by atoms with Gasteiger partial charge in [-0.2, -0.15) is 26.3 Å². The van der Waals surface area contributed by atoms with Gasteiger partial charge in [0, 0.05) is 28.7 Å². The normalized spacial score (nSPS) is 18.7. The molecule has 0 spiro atoms. The van der Waals surface area contributed by atoms with Crippen LogP contribution in [0.1, 0.15) is 23.2 Å². The van der Waals surface area contributed by atoms with Gasteiger partial charge in [-0.1, -0.05) is 0 Å². The van der Waals surface area contributed by atoms with Crippen molar-refractivity contribution in [3.8, 4) is 0 Å². The third-order valence-corrected chi connectivity index (χ3v) is 4.08. The van der Waals surface area contributed by atoms with E-state index < -0.39 is 42.1 Å². The van der Waals surface area contributed by atoms with Gasteiger partial charge in [-0.3, -0.25) is 9.59 Å². The highest BCUT2D eigenvalue weighted by molar-refractivity contribution is 8.00. The highest BCUT2D eigenvalue weighted by Gasteiger charge is 2.42. The van der Waals surface area contributed by atoms with Crippen LogP contribution in [-0.4, -0.2) is 23.4 Å². The van der Waals surface area contributed by atoms with Gasteiger partial charge >= 0.3 is 11.7 Å². The number of nitrogens with one attached hydrogen (secondary N) is 1. The first-order valence-electron chi connectivity index (χ1n) is 6.91. The van der Waals surface area contributed by atoms with Crippen molar-refractivity contribution in [2.45, 2.75) is 29.4 Å². The third-order valence-electron chi connectivity index (χ3n) is 3.34. The molecule has 2 rings (SSSR count). The number of allylic oxidation sites excluding steroid dienone is 2. The Morgan fingerprint density at radius 3 is 2.16 bits per heavy atom. The van der Waals surface area contributed by atoms with Crippen molar-refractivity contribution < 1.29 is 35.9 Å². The summed E-state index contributed by atoms with van der Waals surface area (Å²) in [4.78, 5) is 23.3. The summed E-state index contributed by atoms with van der Waals surface area (Å²) in [6.45, 7) is 0. The number of amides is 1. The van der Waals surface area contributed by atoms with Gasteiger partial charge in [-0.25, -0.2) is 0 Å². The van der Waals surface area contributed by atoms with E-state index in [9.17, 15) is 35.9 Å². The maximum Gasteiger partial charge on any atom is 0.446 e. The SMILES string of the molecule is O=C1C=C(NC(=O)c2ccc(SC(F)(F)F)cc2)CC(C(F)(F)F)C1. The maximum absolute atomic E-state index is 12.7. The van der Waals surface area contributed by atoms with Crippen molar-refractivity contribution in [1.82, 2.24) is 5.32 Å². The van der Waals surface area contributed by atoms with Crippen LogP contribution in [0.15, 0.2) is 40.9 Å². The Morgan fingerprint density at radius 1 is 1.04 bits per heavy atom. The van der Waals surface area contributed by atoms with Crippen LogP contribution in [0.3, 0.4) is 0 Å². The number of carbonyl (C=O) groups excluding carboxylic acids is 2. The van der Waals surface area contributed by atoms with E-state index >= 15 is 0 Å².